The van der Waals surface area contributed by atoms with Crippen LogP contribution in [0, 0.1) is 17.1 Å². The zero-order valence-electron chi connectivity index (χ0n) is 19.7. The Labute approximate surface area is 207 Å². The van der Waals surface area contributed by atoms with Crippen LogP contribution in [0.25, 0.3) is 11.0 Å². The highest BCUT2D eigenvalue weighted by Crippen LogP contribution is 2.30. The number of fused-ring (bicyclic) bond motifs is 1. The lowest BCUT2D eigenvalue weighted by Gasteiger charge is -2.27. The molecule has 2 heterocycles. The molecule has 1 aliphatic rings. The van der Waals surface area contributed by atoms with Crippen molar-refractivity contribution in [3.63, 3.8) is 0 Å². The van der Waals surface area contributed by atoms with Crippen molar-refractivity contribution < 1.29 is 18.6 Å². The molecule has 4 aromatic rings. The van der Waals surface area contributed by atoms with E-state index >= 15 is 0 Å². The van der Waals surface area contributed by atoms with E-state index in [1.807, 2.05) is 24.3 Å². The molecule has 1 saturated heterocycles. The number of hydrogen-bond acceptors (Lipinski definition) is 8. The third-order valence-corrected chi connectivity index (χ3v) is 5.91. The first-order valence-electron chi connectivity index (χ1n) is 11.5. The Morgan fingerprint density at radius 1 is 1.11 bits per heavy atom. The quantitative estimate of drug-likeness (QED) is 0.399. The smallest absolute Gasteiger partial charge is 0.167 e. The van der Waals surface area contributed by atoms with Gasteiger partial charge in [0.1, 0.15) is 35.3 Å². The highest BCUT2D eigenvalue weighted by atomic mass is 19.1. The summed E-state index contributed by atoms with van der Waals surface area (Å²) in [6, 6.07) is 17.7. The summed E-state index contributed by atoms with van der Waals surface area (Å²) in [6.45, 7) is 2.90. The summed E-state index contributed by atoms with van der Waals surface area (Å²) in [5, 5.41) is 13.0. The Morgan fingerprint density at radius 3 is 2.64 bits per heavy atom. The maximum absolute atomic E-state index is 14.8. The Balaban J connectivity index is 1.34. The first kappa shape index (κ1) is 23.3. The molecule has 0 amide bonds. The van der Waals surface area contributed by atoms with Crippen LogP contribution in [0.3, 0.4) is 0 Å². The topological polar surface area (TPSA) is 92.5 Å². The monoisotopic (exact) mass is 485 g/mol. The van der Waals surface area contributed by atoms with Crippen LogP contribution < -0.4 is 19.7 Å². The van der Waals surface area contributed by atoms with E-state index in [0.717, 1.165) is 11.3 Å². The lowest BCUT2D eigenvalue weighted by atomic mass is 10.1. The van der Waals surface area contributed by atoms with Crippen molar-refractivity contribution in [1.29, 1.82) is 5.26 Å². The van der Waals surface area contributed by atoms with Crippen molar-refractivity contribution in [2.75, 3.05) is 43.6 Å². The number of methoxy groups -OCH3 is 1. The van der Waals surface area contributed by atoms with Crippen LogP contribution in [0.1, 0.15) is 11.1 Å². The molecule has 8 nitrogen and oxygen atoms in total. The number of morpholine rings is 1. The fourth-order valence-electron chi connectivity index (χ4n) is 3.96. The highest BCUT2D eigenvalue weighted by molar-refractivity contribution is 5.89. The molecule has 36 heavy (non-hydrogen) atoms. The number of nitriles is 1. The second kappa shape index (κ2) is 10.5. The summed E-state index contributed by atoms with van der Waals surface area (Å²) in [7, 11) is 1.60. The molecule has 1 fully saturated rings. The van der Waals surface area contributed by atoms with Crippen LogP contribution in [-0.4, -0.2) is 43.4 Å². The zero-order valence-corrected chi connectivity index (χ0v) is 19.7. The SMILES string of the molecule is COc1ccc(COc2ccc(Nc3ccc4ncc(N5CCOCC5)nc4c3C#N)cc2F)cc1. The molecule has 5 rings (SSSR count). The van der Waals surface area contributed by atoms with Gasteiger partial charge in [0.05, 0.1) is 37.7 Å². The minimum Gasteiger partial charge on any atom is -0.497 e. The molecular weight excluding hydrogens is 461 g/mol. The molecule has 0 bridgehead atoms. The first-order chi connectivity index (χ1) is 17.6. The molecule has 1 N–H and O–H groups in total. The molecule has 0 radical (unpaired) electrons. The Kier molecular flexibility index (Phi) is 6.78. The van der Waals surface area contributed by atoms with Gasteiger partial charge in [-0.15, -0.1) is 0 Å². The molecule has 0 unspecified atom stereocenters. The second-order valence-corrected chi connectivity index (χ2v) is 8.20. The third kappa shape index (κ3) is 4.99. The van der Waals surface area contributed by atoms with Gasteiger partial charge in [-0.1, -0.05) is 12.1 Å². The van der Waals surface area contributed by atoms with Gasteiger partial charge in [0.2, 0.25) is 0 Å². The van der Waals surface area contributed by atoms with E-state index in [1.165, 1.54) is 6.07 Å². The fraction of sp³-hybridized carbons (Fsp3) is 0.222. The van der Waals surface area contributed by atoms with Gasteiger partial charge in [0.25, 0.3) is 0 Å². The molecule has 9 heteroatoms. The first-order valence-corrected chi connectivity index (χ1v) is 11.5. The molecule has 3 aromatic carbocycles. The molecular formula is C27H24FN5O3. The zero-order chi connectivity index (χ0) is 24.9. The van der Waals surface area contributed by atoms with Crippen molar-refractivity contribution >= 4 is 28.2 Å². The van der Waals surface area contributed by atoms with Crippen molar-refractivity contribution in [3.8, 4) is 17.6 Å². The van der Waals surface area contributed by atoms with Gasteiger partial charge in [-0.25, -0.2) is 9.37 Å². The molecule has 0 saturated carbocycles. The predicted molar refractivity (Wildman–Crippen MR) is 134 cm³/mol. The van der Waals surface area contributed by atoms with Crippen LogP contribution in [0.4, 0.5) is 21.6 Å². The number of benzene rings is 3. The number of anilines is 3. The summed E-state index contributed by atoms with van der Waals surface area (Å²) < 4.78 is 31.0. The summed E-state index contributed by atoms with van der Waals surface area (Å²) >= 11 is 0. The minimum atomic E-state index is -0.512. The summed E-state index contributed by atoms with van der Waals surface area (Å²) in [5.74, 6) is 1.07. The van der Waals surface area contributed by atoms with E-state index in [9.17, 15) is 9.65 Å². The number of aromatic nitrogens is 2. The van der Waals surface area contributed by atoms with Gasteiger partial charge in [0, 0.05) is 24.8 Å². The number of nitrogens with zero attached hydrogens (tertiary/aromatic N) is 4. The average Bonchev–Trinajstić information content (AvgIpc) is 2.93. The Hall–Kier alpha value is -4.42. The maximum Gasteiger partial charge on any atom is 0.167 e. The van der Waals surface area contributed by atoms with Gasteiger partial charge >= 0.3 is 0 Å². The van der Waals surface area contributed by atoms with Crippen LogP contribution >= 0.6 is 0 Å². The number of hydrogen-bond donors (Lipinski definition) is 1. The summed E-state index contributed by atoms with van der Waals surface area (Å²) in [4.78, 5) is 11.3. The lowest BCUT2D eigenvalue weighted by Crippen LogP contribution is -2.36. The van der Waals surface area contributed by atoms with Crippen molar-refractivity contribution in [2.24, 2.45) is 0 Å². The second-order valence-electron chi connectivity index (χ2n) is 8.20. The molecule has 0 atom stereocenters. The van der Waals surface area contributed by atoms with Crippen molar-refractivity contribution in [3.05, 3.63) is 77.7 Å². The van der Waals surface area contributed by atoms with Crippen LogP contribution in [0.2, 0.25) is 0 Å². The van der Waals surface area contributed by atoms with Gasteiger partial charge in [-0.3, -0.25) is 4.98 Å². The van der Waals surface area contributed by atoms with E-state index < -0.39 is 5.82 Å². The maximum atomic E-state index is 14.8. The molecule has 1 aromatic heterocycles. The van der Waals surface area contributed by atoms with Crippen molar-refractivity contribution in [2.45, 2.75) is 6.61 Å². The Bertz CT molecular complexity index is 1420. The van der Waals surface area contributed by atoms with Crippen LogP contribution in [-0.2, 0) is 11.3 Å². The van der Waals surface area contributed by atoms with Gasteiger partial charge in [-0.2, -0.15) is 5.26 Å². The normalized spacial score (nSPS) is 13.3. The van der Waals surface area contributed by atoms with E-state index in [-0.39, 0.29) is 12.4 Å². The minimum absolute atomic E-state index is 0.136. The fourth-order valence-corrected chi connectivity index (χ4v) is 3.96. The number of ether oxygens (including phenoxy) is 3. The Morgan fingerprint density at radius 2 is 1.92 bits per heavy atom. The average molecular weight is 486 g/mol. The van der Waals surface area contributed by atoms with E-state index in [1.54, 1.807) is 37.6 Å². The van der Waals surface area contributed by atoms with E-state index in [0.29, 0.717) is 60.1 Å². The van der Waals surface area contributed by atoms with Gasteiger partial charge in [-0.05, 0) is 42.0 Å². The molecule has 1 aliphatic heterocycles. The molecule has 182 valence electrons. The predicted octanol–water partition coefficient (Wildman–Crippen LogP) is 4.81. The number of halogens is 1. The third-order valence-electron chi connectivity index (χ3n) is 5.91. The van der Waals surface area contributed by atoms with E-state index in [2.05, 4.69) is 21.3 Å². The number of nitrogens with one attached hydrogen (secondary N) is 1. The summed E-state index contributed by atoms with van der Waals surface area (Å²) in [6.07, 6.45) is 1.71. The van der Waals surface area contributed by atoms with Gasteiger partial charge < -0.3 is 24.4 Å². The van der Waals surface area contributed by atoms with Crippen LogP contribution in [0.5, 0.6) is 11.5 Å². The van der Waals surface area contributed by atoms with Gasteiger partial charge in [0.15, 0.2) is 11.6 Å². The largest absolute Gasteiger partial charge is 0.497 e. The standard InChI is InChI=1S/C27H24FN5O3/c1-34-20-5-2-18(3-6-20)17-36-25-9-4-19(14-22(25)28)31-23-7-8-24-27(21(23)15-29)32-26(16-30-24)33-10-12-35-13-11-33/h2-9,14,16,31H,10-13,17H2,1H3. The van der Waals surface area contributed by atoms with E-state index in [4.69, 9.17) is 19.2 Å². The highest BCUT2D eigenvalue weighted by Gasteiger charge is 2.16. The van der Waals surface area contributed by atoms with Crippen LogP contribution in [0.15, 0.2) is 60.8 Å². The summed E-state index contributed by atoms with van der Waals surface area (Å²) in [5.41, 5.74) is 3.34. The number of rotatable bonds is 7. The van der Waals surface area contributed by atoms with Crippen molar-refractivity contribution in [1.82, 2.24) is 9.97 Å². The molecule has 0 aliphatic carbocycles. The lowest BCUT2D eigenvalue weighted by molar-refractivity contribution is 0.122. The molecule has 0 spiro atoms.